The predicted octanol–water partition coefficient (Wildman–Crippen LogP) is -3.38. The molecule has 9 fully saturated rings. The van der Waals surface area contributed by atoms with Crippen LogP contribution in [0.1, 0.15) is 79.1 Å². The van der Waals surface area contributed by atoms with Crippen LogP contribution in [0.3, 0.4) is 0 Å². The summed E-state index contributed by atoms with van der Waals surface area (Å²) in [4.78, 5) is 0. The first-order valence-electron chi connectivity index (χ1n) is 26.5. The Hall–Kier alpha value is -1.18. The van der Waals surface area contributed by atoms with Gasteiger partial charge in [-0.2, -0.15) is 0 Å². The number of hydrogen-bond donors (Lipinski definition) is 13. The van der Waals surface area contributed by atoms with Crippen molar-refractivity contribution in [2.45, 2.75) is 220 Å². The molecule has 0 aromatic carbocycles. The van der Waals surface area contributed by atoms with E-state index < -0.39 is 161 Å². The van der Waals surface area contributed by atoms with E-state index in [1.807, 2.05) is 0 Å². The summed E-state index contributed by atoms with van der Waals surface area (Å²) in [5, 5.41) is 141. The number of allylic oxidation sites excluding steroid dienone is 1. The number of hydrogen-bond acceptors (Lipinski definition) is 23. The molecule has 31 atom stereocenters. The third-order valence-electron chi connectivity index (χ3n) is 19.5. The van der Waals surface area contributed by atoms with Gasteiger partial charge in [-0.05, 0) is 85.4 Å². The first kappa shape index (κ1) is 55.1. The molecule has 6 saturated heterocycles. The summed E-state index contributed by atoms with van der Waals surface area (Å²) < 4.78 is 61.0. The standard InChI is InChI=1S/C50H80O23/c1-19-7-10-50(65-17-19)20(2)32-28(73-50)12-24-22-6-5-21-11-27(25(54)13-49(21,4)23(22)8-9-48(24,32)3)66-45-40(63)37(60)41(31(16-53)69-45)70-47-43(72-46-39(62)36(59)34(57)29(14-51)67-46)42(35(58)30(15-52)68-47)71-44-38(61)33(56)26(55)18-64-44/h5,19-20,22-47,51-63H,6-18H2,1-4H3/t19?,20?,22-,23?,24?,25?,26-,27-,28?,29-,30?,31-,32?,33?,34?,35-,36+,37-,38-,39?,40?,41+,42?,43-,44+,45?,46?,47+,48+,49+,50-/m1/s1. The molecule has 13 N–H and O–H groups in total. The smallest absolute Gasteiger partial charge is 0.187 e. The van der Waals surface area contributed by atoms with E-state index in [4.69, 9.17) is 47.4 Å². The molecule has 6 heterocycles. The van der Waals surface area contributed by atoms with E-state index in [1.165, 1.54) is 0 Å². The van der Waals surface area contributed by atoms with Crippen LogP contribution in [0.25, 0.3) is 0 Å². The number of ether oxygens (including phenoxy) is 10. The van der Waals surface area contributed by atoms with Crippen LogP contribution in [0.15, 0.2) is 11.6 Å². The minimum absolute atomic E-state index is 0.101. The number of aliphatic hydroxyl groups is 13. The van der Waals surface area contributed by atoms with E-state index in [1.54, 1.807) is 0 Å². The fourth-order valence-corrected chi connectivity index (χ4v) is 15.3. The van der Waals surface area contributed by atoms with Crippen molar-refractivity contribution in [1.82, 2.24) is 0 Å². The van der Waals surface area contributed by atoms with Crippen molar-refractivity contribution in [2.24, 2.45) is 46.3 Å². The first-order chi connectivity index (χ1) is 34.7. The molecule has 23 nitrogen and oxygen atoms in total. The molecule has 10 rings (SSSR count). The van der Waals surface area contributed by atoms with Gasteiger partial charge >= 0.3 is 0 Å². The molecule has 3 saturated carbocycles. The molecular weight excluding hydrogens is 969 g/mol. The molecule has 15 unspecified atom stereocenters. The molecule has 1 spiro atoms. The van der Waals surface area contributed by atoms with Crippen LogP contribution >= 0.6 is 0 Å². The van der Waals surface area contributed by atoms with Gasteiger partial charge in [-0.15, -0.1) is 0 Å². The molecule has 73 heavy (non-hydrogen) atoms. The summed E-state index contributed by atoms with van der Waals surface area (Å²) in [5.74, 6) is 1.91. The highest BCUT2D eigenvalue weighted by Crippen LogP contribution is 2.71. The highest BCUT2D eigenvalue weighted by molar-refractivity contribution is 5.27. The van der Waals surface area contributed by atoms with Gasteiger partial charge in [-0.1, -0.05) is 39.3 Å². The second-order valence-corrected chi connectivity index (χ2v) is 23.6. The Morgan fingerprint density at radius 2 is 1.23 bits per heavy atom. The maximum absolute atomic E-state index is 11.9. The van der Waals surface area contributed by atoms with Gasteiger partial charge in [-0.3, -0.25) is 0 Å². The third kappa shape index (κ3) is 9.41. The number of fused-ring (bicyclic) bond motifs is 7. The zero-order valence-corrected chi connectivity index (χ0v) is 41.8. The fourth-order valence-electron chi connectivity index (χ4n) is 15.3. The van der Waals surface area contributed by atoms with Crippen LogP contribution < -0.4 is 0 Å². The van der Waals surface area contributed by atoms with Gasteiger partial charge in [-0.25, -0.2) is 0 Å². The summed E-state index contributed by atoms with van der Waals surface area (Å²) in [5.41, 5.74) is 0.927. The Morgan fingerprint density at radius 3 is 1.93 bits per heavy atom. The van der Waals surface area contributed by atoms with E-state index in [9.17, 15) is 66.4 Å². The molecule has 4 aliphatic carbocycles. The SMILES string of the molecule is CC1CC[C@@]2(OC1)OC1CC3[C@@H]4CC=C5C[C@@H](OC6O[C@H](CO)[C@H](O[C@@H]7OC(CO)[C@@H](O)C(O[C@@H]8OC[C@@H](O)C(O)[C@H]8O)[C@H]7OC7O[C@H](CO)C(O)[C@H](O)C7O)[C@H](O)C6O)C(O)C[C@]5(C)C4CC[C@]3(C)C1C2C. The van der Waals surface area contributed by atoms with Crippen LogP contribution in [0.2, 0.25) is 0 Å². The average Bonchev–Trinajstić information content (AvgIpc) is 3.82. The van der Waals surface area contributed by atoms with Crippen molar-refractivity contribution in [3.63, 3.8) is 0 Å². The van der Waals surface area contributed by atoms with Crippen molar-refractivity contribution < 1.29 is 114 Å². The Bertz CT molecular complexity index is 1920. The van der Waals surface area contributed by atoms with Gasteiger partial charge in [0.05, 0.1) is 51.3 Å². The van der Waals surface area contributed by atoms with Gasteiger partial charge in [0.25, 0.3) is 0 Å². The highest BCUT2D eigenvalue weighted by atomic mass is 16.8. The van der Waals surface area contributed by atoms with Gasteiger partial charge in [0.1, 0.15) is 91.6 Å². The summed E-state index contributed by atoms with van der Waals surface area (Å²) in [7, 11) is 0. The maximum Gasteiger partial charge on any atom is 0.187 e. The molecule has 23 heteroatoms. The van der Waals surface area contributed by atoms with Crippen molar-refractivity contribution in [3.05, 3.63) is 11.6 Å². The Labute approximate surface area is 423 Å². The fraction of sp³-hybridized carbons (Fsp3) is 0.960. The van der Waals surface area contributed by atoms with E-state index in [0.717, 1.165) is 50.7 Å². The number of aliphatic hydroxyl groups excluding tert-OH is 13. The zero-order valence-electron chi connectivity index (χ0n) is 41.8. The molecule has 10 aliphatic rings. The van der Waals surface area contributed by atoms with Gasteiger partial charge in [0.2, 0.25) is 0 Å². The van der Waals surface area contributed by atoms with Crippen molar-refractivity contribution in [3.8, 4) is 0 Å². The zero-order chi connectivity index (χ0) is 52.2. The quantitative estimate of drug-likeness (QED) is 0.0898. The van der Waals surface area contributed by atoms with Crippen LogP contribution in [0, 0.1) is 46.3 Å². The van der Waals surface area contributed by atoms with Crippen LogP contribution in [-0.4, -0.2) is 240 Å². The van der Waals surface area contributed by atoms with E-state index >= 15 is 0 Å². The number of rotatable bonds is 11. The van der Waals surface area contributed by atoms with Crippen LogP contribution in [0.4, 0.5) is 0 Å². The van der Waals surface area contributed by atoms with E-state index in [-0.39, 0.29) is 16.9 Å². The molecule has 0 bridgehead atoms. The lowest BCUT2D eigenvalue weighted by molar-refractivity contribution is -0.404. The normalized spacial score (nSPS) is 57.1. The van der Waals surface area contributed by atoms with Crippen molar-refractivity contribution >= 4 is 0 Å². The minimum atomic E-state index is -2.02. The lowest BCUT2D eigenvalue weighted by atomic mass is 9.46. The van der Waals surface area contributed by atoms with Crippen molar-refractivity contribution in [1.29, 1.82) is 0 Å². The molecular formula is C50H80O23. The molecule has 0 radical (unpaired) electrons. The Balaban J connectivity index is 0.837. The summed E-state index contributed by atoms with van der Waals surface area (Å²) >= 11 is 0. The van der Waals surface area contributed by atoms with Crippen LogP contribution in [-0.2, 0) is 47.4 Å². The van der Waals surface area contributed by atoms with Gasteiger partial charge in [0, 0.05) is 12.3 Å². The Morgan fingerprint density at radius 1 is 0.603 bits per heavy atom. The lowest BCUT2D eigenvalue weighted by Crippen LogP contribution is -2.68. The molecule has 418 valence electrons. The second-order valence-electron chi connectivity index (χ2n) is 23.6. The lowest BCUT2D eigenvalue weighted by Gasteiger charge is -2.59. The molecule has 0 aromatic heterocycles. The van der Waals surface area contributed by atoms with E-state index in [2.05, 4.69) is 33.8 Å². The topological polar surface area (TPSA) is 355 Å². The molecule has 6 aliphatic heterocycles. The van der Waals surface area contributed by atoms with Crippen LogP contribution in [0.5, 0.6) is 0 Å². The minimum Gasteiger partial charge on any atom is -0.394 e. The summed E-state index contributed by atoms with van der Waals surface area (Å²) in [6.07, 6.45) is -26.6. The van der Waals surface area contributed by atoms with Gasteiger partial charge < -0.3 is 114 Å². The van der Waals surface area contributed by atoms with Crippen molar-refractivity contribution in [2.75, 3.05) is 33.0 Å². The van der Waals surface area contributed by atoms with Gasteiger partial charge in [0.15, 0.2) is 30.9 Å². The first-order valence-corrected chi connectivity index (χ1v) is 26.5. The predicted molar refractivity (Wildman–Crippen MR) is 244 cm³/mol. The average molecular weight is 1050 g/mol. The molecule has 0 amide bonds. The monoisotopic (exact) mass is 1050 g/mol. The summed E-state index contributed by atoms with van der Waals surface area (Å²) in [6.45, 7) is 6.89. The van der Waals surface area contributed by atoms with E-state index in [0.29, 0.717) is 48.3 Å². The highest BCUT2D eigenvalue weighted by Gasteiger charge is 2.69. The Kier molecular flexibility index (Phi) is 16.0. The molecule has 0 aromatic rings. The summed E-state index contributed by atoms with van der Waals surface area (Å²) in [6, 6.07) is 0. The third-order valence-corrected chi connectivity index (χ3v) is 19.5. The second kappa shape index (κ2) is 21.1. The maximum atomic E-state index is 11.9. The largest absolute Gasteiger partial charge is 0.394 e.